The lowest BCUT2D eigenvalue weighted by atomic mass is 10.1. The Morgan fingerprint density at radius 3 is 2.26 bits per heavy atom. The number of benzene rings is 1. The molecule has 4 rings (SSSR count). The van der Waals surface area contributed by atoms with Crippen molar-refractivity contribution in [2.75, 3.05) is 15.5 Å². The van der Waals surface area contributed by atoms with Crippen molar-refractivity contribution in [3.63, 3.8) is 0 Å². The number of hydrogen-bond donors (Lipinski definition) is 1. The average Bonchev–Trinajstić information content (AvgIpc) is 3.02. The number of fused-ring (bicyclic) bond motifs is 1. The molecule has 1 fully saturated rings. The van der Waals surface area contributed by atoms with Gasteiger partial charge in [0.15, 0.2) is 5.65 Å². The Hall–Kier alpha value is -2.68. The Bertz CT molecular complexity index is 1120. The van der Waals surface area contributed by atoms with Crippen LogP contribution in [0.5, 0.6) is 0 Å². The third-order valence-electron chi connectivity index (χ3n) is 5.79. The Morgan fingerprint density at radius 2 is 1.65 bits per heavy atom. The average molecular weight is 443 g/mol. The van der Waals surface area contributed by atoms with Crippen LogP contribution in [0.4, 0.5) is 17.3 Å². The summed E-state index contributed by atoms with van der Waals surface area (Å²) in [5.74, 6) is 0.639. The molecule has 0 amide bonds. The maximum Gasteiger partial charge on any atom is 0.232 e. The van der Waals surface area contributed by atoms with Crippen LogP contribution < -0.4 is 9.21 Å². The van der Waals surface area contributed by atoms with E-state index in [-0.39, 0.29) is 6.04 Å². The van der Waals surface area contributed by atoms with Crippen molar-refractivity contribution in [1.82, 2.24) is 20.2 Å². The third kappa shape index (κ3) is 4.66. The van der Waals surface area contributed by atoms with E-state index in [4.69, 9.17) is 4.98 Å². The molecule has 0 unspecified atom stereocenters. The normalized spacial score (nSPS) is 15.9. The number of aromatic nitrogens is 4. The number of sulfonamides is 1. The van der Waals surface area contributed by atoms with Gasteiger partial charge >= 0.3 is 0 Å². The maximum absolute atomic E-state index is 12.3. The molecule has 0 bridgehead atoms. The van der Waals surface area contributed by atoms with Crippen molar-refractivity contribution in [1.29, 1.82) is 0 Å². The Kier molecular flexibility index (Phi) is 6.13. The molecule has 2 aromatic heterocycles. The molecular weight excluding hydrogens is 412 g/mol. The molecule has 0 spiro atoms. The molecule has 1 aromatic carbocycles. The molecule has 2 heterocycles. The van der Waals surface area contributed by atoms with Crippen LogP contribution in [-0.2, 0) is 10.0 Å². The van der Waals surface area contributed by atoms with E-state index in [1.807, 2.05) is 38.1 Å². The first-order chi connectivity index (χ1) is 14.8. The Balaban J connectivity index is 1.74. The van der Waals surface area contributed by atoms with Gasteiger partial charge in [-0.2, -0.15) is 10.1 Å². The highest BCUT2D eigenvalue weighted by atomic mass is 32.2. The van der Waals surface area contributed by atoms with Gasteiger partial charge in [0.25, 0.3) is 0 Å². The molecule has 8 nitrogen and oxygen atoms in total. The highest BCUT2D eigenvalue weighted by Gasteiger charge is 2.26. The molecule has 9 heteroatoms. The van der Waals surface area contributed by atoms with Crippen LogP contribution in [0.2, 0.25) is 0 Å². The molecule has 1 aliphatic rings. The monoisotopic (exact) mass is 442 g/mol. The van der Waals surface area contributed by atoms with E-state index in [2.05, 4.69) is 20.1 Å². The zero-order chi connectivity index (χ0) is 22.0. The van der Waals surface area contributed by atoms with Gasteiger partial charge in [-0.15, -0.1) is 0 Å². The van der Waals surface area contributed by atoms with Gasteiger partial charge in [0.1, 0.15) is 0 Å². The van der Waals surface area contributed by atoms with E-state index in [1.165, 1.54) is 36.2 Å². The van der Waals surface area contributed by atoms with Crippen LogP contribution in [0, 0.1) is 0 Å². The summed E-state index contributed by atoms with van der Waals surface area (Å²) in [6, 6.07) is 7.82. The molecule has 1 aliphatic carbocycles. The summed E-state index contributed by atoms with van der Waals surface area (Å²) in [6.45, 7) is 3.75. The lowest BCUT2D eigenvalue weighted by Crippen LogP contribution is -2.36. The van der Waals surface area contributed by atoms with Crippen molar-refractivity contribution in [2.45, 2.75) is 64.5 Å². The zero-order valence-corrected chi connectivity index (χ0v) is 19.1. The first-order valence-electron chi connectivity index (χ1n) is 10.9. The summed E-state index contributed by atoms with van der Waals surface area (Å²) in [6.07, 6.45) is 11.8. The fraction of sp³-hybridized carbons (Fsp3) is 0.500. The molecule has 3 aromatic rings. The Labute approximate surface area is 183 Å². The van der Waals surface area contributed by atoms with Crippen LogP contribution in [-0.4, -0.2) is 46.9 Å². The van der Waals surface area contributed by atoms with Crippen molar-refractivity contribution in [3.05, 3.63) is 36.7 Å². The summed E-state index contributed by atoms with van der Waals surface area (Å²) >= 11 is 0. The number of nitrogens with zero attached hydrogens (tertiary/aromatic N) is 5. The Morgan fingerprint density at radius 1 is 1.00 bits per heavy atom. The first-order valence-corrected chi connectivity index (χ1v) is 12.7. The van der Waals surface area contributed by atoms with E-state index in [0.717, 1.165) is 23.9 Å². The maximum atomic E-state index is 12.3. The second-order valence-electron chi connectivity index (χ2n) is 8.53. The fourth-order valence-corrected chi connectivity index (χ4v) is 5.75. The summed E-state index contributed by atoms with van der Waals surface area (Å²) < 4.78 is 26.0. The molecule has 1 N–H and O–H groups in total. The quantitative estimate of drug-likeness (QED) is 0.569. The predicted molar refractivity (Wildman–Crippen MR) is 124 cm³/mol. The van der Waals surface area contributed by atoms with E-state index >= 15 is 0 Å². The van der Waals surface area contributed by atoms with E-state index in [1.54, 1.807) is 12.4 Å². The second kappa shape index (κ2) is 8.82. The van der Waals surface area contributed by atoms with E-state index < -0.39 is 10.0 Å². The van der Waals surface area contributed by atoms with Crippen molar-refractivity contribution >= 4 is 38.4 Å². The van der Waals surface area contributed by atoms with E-state index in [0.29, 0.717) is 23.3 Å². The van der Waals surface area contributed by atoms with Crippen LogP contribution >= 0.6 is 0 Å². The van der Waals surface area contributed by atoms with Gasteiger partial charge in [-0.1, -0.05) is 25.7 Å². The van der Waals surface area contributed by atoms with Crippen LogP contribution in [0.3, 0.4) is 0 Å². The van der Waals surface area contributed by atoms with Gasteiger partial charge in [0.05, 0.1) is 23.5 Å². The lowest BCUT2D eigenvalue weighted by Gasteiger charge is -2.32. The molecule has 1 saturated carbocycles. The lowest BCUT2D eigenvalue weighted by molar-refractivity contribution is 0.562. The van der Waals surface area contributed by atoms with Crippen molar-refractivity contribution < 1.29 is 8.42 Å². The van der Waals surface area contributed by atoms with Gasteiger partial charge in [0.2, 0.25) is 16.0 Å². The second-order valence-corrected chi connectivity index (χ2v) is 10.4. The summed E-state index contributed by atoms with van der Waals surface area (Å²) in [7, 11) is -3.36. The third-order valence-corrected chi connectivity index (χ3v) is 7.14. The number of H-pyrrole nitrogens is 1. The molecule has 31 heavy (non-hydrogen) atoms. The van der Waals surface area contributed by atoms with Gasteiger partial charge in [-0.3, -0.25) is 9.40 Å². The SMILES string of the molecule is CC(C)N(c1ccc(N(c2ncc3cn[nH]c3n2)C2CCCCCC2)cc1)S(C)(=O)=O. The fourth-order valence-electron chi connectivity index (χ4n) is 4.48. The highest BCUT2D eigenvalue weighted by Crippen LogP contribution is 2.34. The number of aromatic amines is 1. The van der Waals surface area contributed by atoms with Crippen molar-refractivity contribution in [3.8, 4) is 0 Å². The number of hydrogen-bond acceptors (Lipinski definition) is 6. The minimum atomic E-state index is -3.36. The van der Waals surface area contributed by atoms with Gasteiger partial charge in [-0.25, -0.2) is 13.4 Å². The van der Waals surface area contributed by atoms with E-state index in [9.17, 15) is 8.42 Å². The molecule has 0 aliphatic heterocycles. The van der Waals surface area contributed by atoms with Gasteiger partial charge < -0.3 is 4.90 Å². The molecule has 166 valence electrons. The molecule has 0 radical (unpaired) electrons. The van der Waals surface area contributed by atoms with Crippen LogP contribution in [0.25, 0.3) is 11.0 Å². The van der Waals surface area contributed by atoms with Crippen LogP contribution in [0.15, 0.2) is 36.7 Å². The molecular formula is C22H30N6O2S. The predicted octanol–water partition coefficient (Wildman–Crippen LogP) is 4.39. The first kappa shape index (κ1) is 21.5. The summed E-state index contributed by atoms with van der Waals surface area (Å²) in [5, 5.41) is 7.87. The van der Waals surface area contributed by atoms with Crippen LogP contribution in [0.1, 0.15) is 52.4 Å². The number of nitrogens with one attached hydrogen (secondary N) is 1. The largest absolute Gasteiger partial charge is 0.307 e. The standard InChI is InChI=1S/C22H30N6O2S/c1-16(2)28(31(3,29)30)20-12-10-19(11-13-20)27(18-8-6-4-5-7-9-18)22-23-14-17-15-24-26-21(17)25-22/h10-16,18H,4-9H2,1-3H3,(H,23,24,25,26). The highest BCUT2D eigenvalue weighted by molar-refractivity contribution is 7.92. The van der Waals surface area contributed by atoms with Gasteiger partial charge in [-0.05, 0) is 51.0 Å². The summed E-state index contributed by atoms with van der Waals surface area (Å²) in [5.41, 5.74) is 2.34. The smallest absolute Gasteiger partial charge is 0.232 e. The zero-order valence-electron chi connectivity index (χ0n) is 18.3. The van der Waals surface area contributed by atoms with Crippen molar-refractivity contribution in [2.24, 2.45) is 0 Å². The minimum Gasteiger partial charge on any atom is -0.307 e. The topological polar surface area (TPSA) is 95.1 Å². The minimum absolute atomic E-state index is 0.162. The summed E-state index contributed by atoms with van der Waals surface area (Å²) in [4.78, 5) is 11.6. The molecule has 0 saturated heterocycles. The molecule has 0 atom stereocenters. The number of rotatable bonds is 6. The number of anilines is 3. The van der Waals surface area contributed by atoms with Gasteiger partial charge in [0, 0.05) is 24.0 Å².